The van der Waals surface area contributed by atoms with Crippen LogP contribution in [0.5, 0.6) is 0 Å². The van der Waals surface area contributed by atoms with E-state index in [0.717, 1.165) is 30.4 Å². The second kappa shape index (κ2) is 9.36. The number of anilines is 2. The van der Waals surface area contributed by atoms with Gasteiger partial charge in [-0.3, -0.25) is 10.1 Å². The maximum Gasteiger partial charge on any atom is 0.257 e. The number of halogens is 1. The highest BCUT2D eigenvalue weighted by Crippen LogP contribution is 2.31. The molecule has 0 spiro atoms. The van der Waals surface area contributed by atoms with Crippen molar-refractivity contribution in [2.45, 2.75) is 46.0 Å². The number of thiocarbonyl (C=S) groups is 1. The van der Waals surface area contributed by atoms with Gasteiger partial charge in [0, 0.05) is 24.3 Å². The molecule has 0 bridgehead atoms. The maximum atomic E-state index is 12.5. The first-order chi connectivity index (χ1) is 14.1. The van der Waals surface area contributed by atoms with E-state index in [-0.39, 0.29) is 16.4 Å². The standard InChI is InChI=1S/C24H30ClN3OS/c1-16-11-13-28(14-12-16)21-10-9-19(15-20(21)25)26-23(30)27-22(29)17-5-7-18(8-6-17)24(2,3)4/h5-10,15-16H,11-14H2,1-4H3,(H2,26,27,29,30). The summed E-state index contributed by atoms with van der Waals surface area (Å²) < 4.78 is 0. The summed E-state index contributed by atoms with van der Waals surface area (Å²) in [5.74, 6) is 0.532. The summed E-state index contributed by atoms with van der Waals surface area (Å²) in [5.41, 5.74) is 3.59. The van der Waals surface area contributed by atoms with Crippen LogP contribution in [0.2, 0.25) is 5.02 Å². The summed E-state index contributed by atoms with van der Waals surface area (Å²) in [5, 5.41) is 6.71. The molecule has 2 aromatic rings. The molecule has 0 aliphatic carbocycles. The van der Waals surface area contributed by atoms with Crippen molar-refractivity contribution in [2.75, 3.05) is 23.3 Å². The predicted octanol–water partition coefficient (Wildman–Crippen LogP) is 6.00. The molecular weight excluding hydrogens is 414 g/mol. The number of hydrogen-bond acceptors (Lipinski definition) is 3. The van der Waals surface area contributed by atoms with E-state index in [4.69, 9.17) is 23.8 Å². The molecule has 0 unspecified atom stereocenters. The van der Waals surface area contributed by atoms with Crippen molar-refractivity contribution in [3.63, 3.8) is 0 Å². The number of piperidine rings is 1. The molecule has 0 saturated carbocycles. The molecule has 2 N–H and O–H groups in total. The van der Waals surface area contributed by atoms with Crippen LogP contribution in [0, 0.1) is 5.92 Å². The predicted molar refractivity (Wildman–Crippen MR) is 131 cm³/mol. The van der Waals surface area contributed by atoms with Crippen LogP contribution >= 0.6 is 23.8 Å². The summed E-state index contributed by atoms with van der Waals surface area (Å²) in [6.45, 7) is 10.8. The van der Waals surface area contributed by atoms with Crippen molar-refractivity contribution in [3.8, 4) is 0 Å². The van der Waals surface area contributed by atoms with E-state index in [0.29, 0.717) is 10.6 Å². The minimum absolute atomic E-state index is 0.0454. The molecule has 30 heavy (non-hydrogen) atoms. The molecule has 4 nitrogen and oxygen atoms in total. The fourth-order valence-electron chi connectivity index (χ4n) is 3.55. The van der Waals surface area contributed by atoms with Crippen LogP contribution in [0.15, 0.2) is 42.5 Å². The first-order valence-corrected chi connectivity index (χ1v) is 11.2. The fourth-order valence-corrected chi connectivity index (χ4v) is 4.06. The van der Waals surface area contributed by atoms with Crippen LogP contribution in [-0.4, -0.2) is 24.1 Å². The van der Waals surface area contributed by atoms with E-state index in [1.807, 2.05) is 42.5 Å². The van der Waals surface area contributed by atoms with Gasteiger partial charge in [-0.1, -0.05) is 51.4 Å². The number of benzene rings is 2. The SMILES string of the molecule is CC1CCN(c2ccc(NC(=S)NC(=O)c3ccc(C(C)(C)C)cc3)cc2Cl)CC1. The van der Waals surface area contributed by atoms with Gasteiger partial charge in [-0.2, -0.15) is 0 Å². The highest BCUT2D eigenvalue weighted by atomic mass is 35.5. The largest absolute Gasteiger partial charge is 0.370 e. The number of nitrogens with zero attached hydrogens (tertiary/aromatic N) is 1. The molecule has 1 aliphatic rings. The van der Waals surface area contributed by atoms with Gasteiger partial charge in [-0.15, -0.1) is 0 Å². The molecule has 1 aliphatic heterocycles. The third kappa shape index (κ3) is 5.73. The zero-order chi connectivity index (χ0) is 21.9. The van der Waals surface area contributed by atoms with Crippen LogP contribution in [0.3, 0.4) is 0 Å². The summed E-state index contributed by atoms with van der Waals surface area (Å²) in [4.78, 5) is 14.8. The van der Waals surface area contributed by atoms with E-state index in [1.165, 1.54) is 18.4 Å². The monoisotopic (exact) mass is 443 g/mol. The van der Waals surface area contributed by atoms with Crippen LogP contribution in [0.1, 0.15) is 56.5 Å². The quantitative estimate of drug-likeness (QED) is 0.571. The molecule has 1 saturated heterocycles. The smallest absolute Gasteiger partial charge is 0.257 e. The molecule has 0 radical (unpaired) electrons. The van der Waals surface area contributed by atoms with Gasteiger partial charge in [-0.05, 0) is 72.3 Å². The lowest BCUT2D eigenvalue weighted by Gasteiger charge is -2.32. The van der Waals surface area contributed by atoms with Crippen LogP contribution in [0.25, 0.3) is 0 Å². The third-order valence-electron chi connectivity index (χ3n) is 5.57. The minimum Gasteiger partial charge on any atom is -0.370 e. The van der Waals surface area contributed by atoms with Crippen molar-refractivity contribution < 1.29 is 4.79 Å². The molecular formula is C24H30ClN3OS. The third-order valence-corrected chi connectivity index (χ3v) is 6.08. The number of carbonyl (C=O) groups excluding carboxylic acids is 1. The van der Waals surface area contributed by atoms with Crippen LogP contribution in [-0.2, 0) is 5.41 Å². The molecule has 1 amide bonds. The van der Waals surface area contributed by atoms with Crippen molar-refractivity contribution in [3.05, 3.63) is 58.6 Å². The molecule has 0 atom stereocenters. The van der Waals surface area contributed by atoms with E-state index in [9.17, 15) is 4.79 Å². The van der Waals surface area contributed by atoms with Gasteiger partial charge in [0.1, 0.15) is 0 Å². The Morgan fingerprint density at radius 1 is 1.10 bits per heavy atom. The normalized spacial score (nSPS) is 15.0. The minimum atomic E-state index is -0.238. The number of rotatable bonds is 3. The Morgan fingerprint density at radius 2 is 1.73 bits per heavy atom. The van der Waals surface area contributed by atoms with E-state index in [1.54, 1.807) is 0 Å². The Kier molecular flexibility index (Phi) is 7.04. The van der Waals surface area contributed by atoms with Crippen LogP contribution < -0.4 is 15.5 Å². The highest BCUT2D eigenvalue weighted by Gasteiger charge is 2.18. The van der Waals surface area contributed by atoms with Crippen LogP contribution in [0.4, 0.5) is 11.4 Å². The Hall–Kier alpha value is -2.11. The highest BCUT2D eigenvalue weighted by molar-refractivity contribution is 7.80. The van der Waals surface area contributed by atoms with Gasteiger partial charge in [-0.25, -0.2) is 0 Å². The fraction of sp³-hybridized carbons (Fsp3) is 0.417. The molecule has 3 rings (SSSR count). The van der Waals surface area contributed by atoms with Crippen molar-refractivity contribution >= 4 is 46.2 Å². The molecule has 2 aromatic carbocycles. The molecule has 1 heterocycles. The average molecular weight is 444 g/mol. The van der Waals surface area contributed by atoms with E-state index < -0.39 is 0 Å². The van der Waals surface area contributed by atoms with Gasteiger partial charge < -0.3 is 10.2 Å². The molecule has 6 heteroatoms. The van der Waals surface area contributed by atoms with Gasteiger partial charge in [0.25, 0.3) is 5.91 Å². The average Bonchev–Trinajstić information content (AvgIpc) is 2.68. The van der Waals surface area contributed by atoms with Crippen molar-refractivity contribution in [1.29, 1.82) is 0 Å². The number of hydrogen-bond donors (Lipinski definition) is 2. The van der Waals surface area contributed by atoms with Gasteiger partial charge in [0.2, 0.25) is 0 Å². The molecule has 1 fully saturated rings. The second-order valence-corrected chi connectivity index (χ2v) is 9.89. The Labute approximate surface area is 190 Å². The van der Waals surface area contributed by atoms with Gasteiger partial charge >= 0.3 is 0 Å². The molecule has 0 aromatic heterocycles. The lowest BCUT2D eigenvalue weighted by atomic mass is 9.87. The number of carbonyl (C=O) groups is 1. The number of nitrogens with one attached hydrogen (secondary N) is 2. The van der Waals surface area contributed by atoms with Crippen molar-refractivity contribution in [2.24, 2.45) is 5.92 Å². The summed E-state index contributed by atoms with van der Waals surface area (Å²) in [6.07, 6.45) is 2.37. The zero-order valence-electron chi connectivity index (χ0n) is 18.1. The topological polar surface area (TPSA) is 44.4 Å². The Bertz CT molecular complexity index is 913. The summed E-state index contributed by atoms with van der Waals surface area (Å²) >= 11 is 11.8. The summed E-state index contributed by atoms with van der Waals surface area (Å²) in [6, 6.07) is 13.4. The lowest BCUT2D eigenvalue weighted by Crippen LogP contribution is -2.34. The second-order valence-electron chi connectivity index (χ2n) is 9.07. The van der Waals surface area contributed by atoms with Gasteiger partial charge in [0.05, 0.1) is 10.7 Å². The summed E-state index contributed by atoms with van der Waals surface area (Å²) in [7, 11) is 0. The first-order valence-electron chi connectivity index (χ1n) is 10.4. The Balaban J connectivity index is 1.59. The molecule has 160 valence electrons. The maximum absolute atomic E-state index is 12.5. The van der Waals surface area contributed by atoms with E-state index >= 15 is 0 Å². The Morgan fingerprint density at radius 3 is 2.30 bits per heavy atom. The number of amides is 1. The first kappa shape index (κ1) is 22.6. The zero-order valence-corrected chi connectivity index (χ0v) is 19.7. The van der Waals surface area contributed by atoms with E-state index in [2.05, 4.69) is 43.2 Å². The lowest BCUT2D eigenvalue weighted by molar-refractivity contribution is 0.0977. The van der Waals surface area contributed by atoms with Crippen molar-refractivity contribution in [1.82, 2.24) is 5.32 Å². The van der Waals surface area contributed by atoms with Gasteiger partial charge in [0.15, 0.2) is 5.11 Å².